The van der Waals surface area contributed by atoms with Crippen molar-refractivity contribution >= 4 is 22.3 Å². The van der Waals surface area contributed by atoms with Crippen LogP contribution in [0.5, 0.6) is 5.75 Å². The van der Waals surface area contributed by atoms with Gasteiger partial charge in [0.25, 0.3) is 0 Å². The van der Waals surface area contributed by atoms with E-state index in [0.29, 0.717) is 47.3 Å². The summed E-state index contributed by atoms with van der Waals surface area (Å²) < 4.78 is 5.40. The zero-order valence-electron chi connectivity index (χ0n) is 15.1. The third-order valence-electron chi connectivity index (χ3n) is 5.66. The summed E-state index contributed by atoms with van der Waals surface area (Å²) in [7, 11) is 1.59. The molecular weight excluding hydrogens is 328 g/mol. The SMILES string of the molecule is CCC[C@@]1(O)CCC2=C(C1)C(=O)c1cc3cccc(OC)c3cc1C2=O. The van der Waals surface area contributed by atoms with Gasteiger partial charge in [-0.1, -0.05) is 25.5 Å². The summed E-state index contributed by atoms with van der Waals surface area (Å²) in [4.78, 5) is 26.2. The highest BCUT2D eigenvalue weighted by molar-refractivity contribution is 6.28. The van der Waals surface area contributed by atoms with Gasteiger partial charge >= 0.3 is 0 Å². The van der Waals surface area contributed by atoms with E-state index < -0.39 is 5.60 Å². The van der Waals surface area contributed by atoms with Crippen molar-refractivity contribution in [3.8, 4) is 5.75 Å². The van der Waals surface area contributed by atoms with E-state index in [1.165, 1.54) is 0 Å². The third kappa shape index (κ3) is 2.48. The predicted octanol–water partition coefficient (Wildman–Crippen LogP) is 4.24. The van der Waals surface area contributed by atoms with Crippen molar-refractivity contribution in [3.05, 3.63) is 52.6 Å². The van der Waals surface area contributed by atoms with E-state index in [1.54, 1.807) is 19.2 Å². The van der Waals surface area contributed by atoms with Gasteiger partial charge in [-0.3, -0.25) is 9.59 Å². The second-order valence-electron chi connectivity index (χ2n) is 7.35. The van der Waals surface area contributed by atoms with Crippen molar-refractivity contribution in [2.24, 2.45) is 0 Å². The molecule has 2 aliphatic carbocycles. The van der Waals surface area contributed by atoms with E-state index in [1.807, 2.05) is 25.1 Å². The van der Waals surface area contributed by atoms with Crippen LogP contribution in [0, 0.1) is 0 Å². The molecule has 0 saturated carbocycles. The number of benzene rings is 2. The smallest absolute Gasteiger partial charge is 0.190 e. The Bertz CT molecular complexity index is 970. The standard InChI is InChI=1S/C22H22O4/c1-3-8-22(25)9-7-14-18(12-22)21(24)16-10-13-5-4-6-19(26-2)15(13)11-17(16)20(14)23/h4-6,10-11,25H,3,7-9,12H2,1-2H3/t22-/m1/s1. The number of rotatable bonds is 3. The maximum absolute atomic E-state index is 13.1. The minimum absolute atomic E-state index is 0.0824. The number of ether oxygens (including phenoxy) is 1. The number of hydrogen-bond donors (Lipinski definition) is 1. The fraction of sp³-hybridized carbons (Fsp3) is 0.364. The normalized spacial score (nSPS) is 22.4. The molecule has 0 bridgehead atoms. The zero-order valence-corrected chi connectivity index (χ0v) is 15.1. The van der Waals surface area contributed by atoms with Crippen LogP contribution >= 0.6 is 0 Å². The first kappa shape index (κ1) is 17.0. The average molecular weight is 350 g/mol. The highest BCUT2D eigenvalue weighted by atomic mass is 16.5. The Morgan fingerprint density at radius 3 is 2.58 bits per heavy atom. The lowest BCUT2D eigenvalue weighted by Gasteiger charge is -2.36. The predicted molar refractivity (Wildman–Crippen MR) is 99.9 cm³/mol. The number of allylic oxidation sites excluding steroid dienone is 1. The number of methoxy groups -OCH3 is 1. The van der Waals surface area contributed by atoms with Gasteiger partial charge in [0.1, 0.15) is 5.75 Å². The summed E-state index contributed by atoms with van der Waals surface area (Å²) in [6.07, 6.45) is 2.76. The van der Waals surface area contributed by atoms with Gasteiger partial charge in [-0.15, -0.1) is 0 Å². The van der Waals surface area contributed by atoms with Crippen LogP contribution in [-0.4, -0.2) is 29.4 Å². The van der Waals surface area contributed by atoms with Crippen LogP contribution in [0.25, 0.3) is 10.8 Å². The minimum atomic E-state index is -0.874. The monoisotopic (exact) mass is 350 g/mol. The molecular formula is C22H22O4. The van der Waals surface area contributed by atoms with Gasteiger partial charge in [-0.05, 0) is 42.8 Å². The Hall–Kier alpha value is -2.46. The molecule has 0 aromatic heterocycles. The summed E-state index contributed by atoms with van der Waals surface area (Å²) in [6, 6.07) is 9.19. The molecule has 0 radical (unpaired) electrons. The van der Waals surface area contributed by atoms with Crippen LogP contribution in [-0.2, 0) is 0 Å². The molecule has 0 fully saturated rings. The summed E-state index contributed by atoms with van der Waals surface area (Å²) in [6.45, 7) is 2.02. The average Bonchev–Trinajstić information content (AvgIpc) is 2.64. The van der Waals surface area contributed by atoms with Crippen LogP contribution in [0.3, 0.4) is 0 Å². The molecule has 4 nitrogen and oxygen atoms in total. The van der Waals surface area contributed by atoms with E-state index in [2.05, 4.69) is 0 Å². The Morgan fingerprint density at radius 1 is 1.12 bits per heavy atom. The molecule has 4 heteroatoms. The highest BCUT2D eigenvalue weighted by Crippen LogP contribution is 2.42. The van der Waals surface area contributed by atoms with E-state index in [4.69, 9.17) is 4.74 Å². The fourth-order valence-corrected chi connectivity index (χ4v) is 4.35. The molecule has 4 rings (SSSR count). The van der Waals surface area contributed by atoms with Crippen molar-refractivity contribution in [2.45, 2.75) is 44.6 Å². The Morgan fingerprint density at radius 2 is 1.85 bits per heavy atom. The van der Waals surface area contributed by atoms with Gasteiger partial charge in [0.15, 0.2) is 11.6 Å². The van der Waals surface area contributed by atoms with Gasteiger partial charge in [-0.25, -0.2) is 0 Å². The zero-order chi connectivity index (χ0) is 18.5. The number of hydrogen-bond acceptors (Lipinski definition) is 4. The van der Waals surface area contributed by atoms with Crippen molar-refractivity contribution in [2.75, 3.05) is 7.11 Å². The van der Waals surface area contributed by atoms with Gasteiger partial charge < -0.3 is 9.84 Å². The summed E-state index contributed by atoms with van der Waals surface area (Å²) in [5.74, 6) is 0.487. The van der Waals surface area contributed by atoms with Crippen molar-refractivity contribution in [1.82, 2.24) is 0 Å². The first-order valence-corrected chi connectivity index (χ1v) is 9.12. The molecule has 2 aromatic carbocycles. The molecule has 0 heterocycles. The summed E-state index contributed by atoms with van der Waals surface area (Å²) >= 11 is 0. The van der Waals surface area contributed by atoms with Crippen LogP contribution in [0.2, 0.25) is 0 Å². The van der Waals surface area contributed by atoms with E-state index >= 15 is 0 Å². The highest BCUT2D eigenvalue weighted by Gasteiger charge is 2.41. The molecule has 2 aliphatic rings. The fourth-order valence-electron chi connectivity index (χ4n) is 4.35. The van der Waals surface area contributed by atoms with Gasteiger partial charge in [0, 0.05) is 34.1 Å². The number of aliphatic hydroxyl groups is 1. The molecule has 1 atom stereocenters. The Labute approximate surface area is 152 Å². The van der Waals surface area contributed by atoms with Crippen molar-refractivity contribution < 1.29 is 19.4 Å². The summed E-state index contributed by atoms with van der Waals surface area (Å²) in [5, 5.41) is 12.5. The maximum atomic E-state index is 13.1. The number of fused-ring (bicyclic) bond motifs is 2. The van der Waals surface area contributed by atoms with E-state index in [9.17, 15) is 14.7 Å². The number of Topliss-reactive ketones (excluding diaryl/α,β-unsaturated/α-hetero) is 2. The largest absolute Gasteiger partial charge is 0.496 e. The quantitative estimate of drug-likeness (QED) is 0.899. The number of ketones is 2. The first-order chi connectivity index (χ1) is 12.5. The Balaban J connectivity index is 1.86. The van der Waals surface area contributed by atoms with Gasteiger partial charge in [0.05, 0.1) is 12.7 Å². The lowest BCUT2D eigenvalue weighted by Crippen LogP contribution is -2.37. The maximum Gasteiger partial charge on any atom is 0.190 e. The minimum Gasteiger partial charge on any atom is -0.496 e. The molecule has 26 heavy (non-hydrogen) atoms. The van der Waals surface area contributed by atoms with Gasteiger partial charge in [-0.2, -0.15) is 0 Å². The first-order valence-electron chi connectivity index (χ1n) is 9.12. The van der Waals surface area contributed by atoms with Crippen molar-refractivity contribution in [3.63, 3.8) is 0 Å². The number of carbonyl (C=O) groups excluding carboxylic acids is 2. The van der Waals surface area contributed by atoms with Gasteiger partial charge in [0.2, 0.25) is 0 Å². The van der Waals surface area contributed by atoms with E-state index in [-0.39, 0.29) is 18.0 Å². The molecule has 0 aliphatic heterocycles. The molecule has 0 unspecified atom stereocenters. The lowest BCUT2D eigenvalue weighted by atomic mass is 9.71. The van der Waals surface area contributed by atoms with Crippen LogP contribution in [0.1, 0.15) is 59.7 Å². The van der Waals surface area contributed by atoms with Crippen LogP contribution in [0.15, 0.2) is 41.5 Å². The van der Waals surface area contributed by atoms with Crippen LogP contribution < -0.4 is 4.74 Å². The summed E-state index contributed by atoms with van der Waals surface area (Å²) in [5.41, 5.74) is 1.10. The topological polar surface area (TPSA) is 63.6 Å². The lowest BCUT2D eigenvalue weighted by molar-refractivity contribution is 0.0165. The Kier molecular flexibility index (Phi) is 3.96. The molecule has 1 N–H and O–H groups in total. The molecule has 0 spiro atoms. The molecule has 0 saturated heterocycles. The van der Waals surface area contributed by atoms with Crippen LogP contribution in [0.4, 0.5) is 0 Å². The third-order valence-corrected chi connectivity index (χ3v) is 5.66. The van der Waals surface area contributed by atoms with Crippen molar-refractivity contribution in [1.29, 1.82) is 0 Å². The van der Waals surface area contributed by atoms with E-state index in [0.717, 1.165) is 17.2 Å². The second kappa shape index (κ2) is 6.06. The molecule has 2 aromatic rings. The number of carbonyl (C=O) groups is 2. The second-order valence-corrected chi connectivity index (χ2v) is 7.35. The molecule has 134 valence electrons. The molecule has 0 amide bonds.